The third-order valence-electron chi connectivity index (χ3n) is 4.47. The van der Waals surface area contributed by atoms with Gasteiger partial charge in [-0.2, -0.15) is 0 Å². The molecule has 1 aromatic carbocycles. The van der Waals surface area contributed by atoms with Gasteiger partial charge >= 0.3 is 0 Å². The number of amides is 1. The van der Waals surface area contributed by atoms with Gasteiger partial charge in [-0.3, -0.25) is 9.69 Å². The van der Waals surface area contributed by atoms with Crippen LogP contribution in [-0.4, -0.2) is 23.9 Å². The number of likely N-dealkylation sites (tertiary alicyclic amines) is 1. The fourth-order valence-electron chi connectivity index (χ4n) is 3.10. The number of aryl methyl sites for hydroxylation is 1. The van der Waals surface area contributed by atoms with Gasteiger partial charge in [-0.1, -0.05) is 30.7 Å². The number of piperidine rings is 1. The Balaban J connectivity index is 1.63. The molecule has 122 valence electrons. The Morgan fingerprint density at radius 2 is 1.87 bits per heavy atom. The third kappa shape index (κ3) is 4.21. The maximum absolute atomic E-state index is 12.3. The van der Waals surface area contributed by atoms with E-state index in [1.165, 1.54) is 54.8 Å². The molecule has 23 heavy (non-hydrogen) atoms. The van der Waals surface area contributed by atoms with Gasteiger partial charge in [0.1, 0.15) is 0 Å². The third-order valence-corrected chi connectivity index (χ3v) is 5.48. The van der Waals surface area contributed by atoms with Crippen LogP contribution in [-0.2, 0) is 13.1 Å². The number of benzene rings is 1. The molecule has 0 bridgehead atoms. The lowest BCUT2D eigenvalue weighted by atomic mass is 10.0. The summed E-state index contributed by atoms with van der Waals surface area (Å²) in [7, 11) is 0. The number of hydrogen-bond acceptors (Lipinski definition) is 3. The fourth-order valence-corrected chi connectivity index (χ4v) is 3.95. The summed E-state index contributed by atoms with van der Waals surface area (Å²) in [6, 6.07) is 10.4. The van der Waals surface area contributed by atoms with Gasteiger partial charge in [0.2, 0.25) is 0 Å². The minimum atomic E-state index is 0.0327. The highest BCUT2D eigenvalue weighted by Gasteiger charge is 2.14. The molecule has 1 aliphatic rings. The van der Waals surface area contributed by atoms with Crippen LogP contribution in [0.5, 0.6) is 0 Å². The molecule has 0 atom stereocenters. The van der Waals surface area contributed by atoms with Crippen molar-refractivity contribution in [3.63, 3.8) is 0 Å². The van der Waals surface area contributed by atoms with Crippen LogP contribution >= 0.6 is 11.3 Å². The SMILES string of the molecule is Cc1ccsc1C(=O)NCc1ccccc1CN1CCCCC1. The van der Waals surface area contributed by atoms with E-state index in [0.29, 0.717) is 6.54 Å². The van der Waals surface area contributed by atoms with Gasteiger partial charge < -0.3 is 5.32 Å². The highest BCUT2D eigenvalue weighted by Crippen LogP contribution is 2.18. The molecule has 1 N–H and O–H groups in total. The maximum Gasteiger partial charge on any atom is 0.261 e. The summed E-state index contributed by atoms with van der Waals surface area (Å²) in [6.07, 6.45) is 3.96. The molecule has 0 unspecified atom stereocenters. The molecule has 1 saturated heterocycles. The van der Waals surface area contributed by atoms with Crippen molar-refractivity contribution in [1.82, 2.24) is 10.2 Å². The van der Waals surface area contributed by atoms with E-state index >= 15 is 0 Å². The zero-order valence-corrected chi connectivity index (χ0v) is 14.5. The van der Waals surface area contributed by atoms with Crippen molar-refractivity contribution < 1.29 is 4.79 Å². The molecule has 2 heterocycles. The number of hydrogen-bond donors (Lipinski definition) is 1. The number of nitrogens with one attached hydrogen (secondary N) is 1. The molecule has 0 aliphatic carbocycles. The van der Waals surface area contributed by atoms with Crippen LogP contribution in [0, 0.1) is 6.92 Å². The molecule has 4 heteroatoms. The number of carbonyl (C=O) groups excluding carboxylic acids is 1. The molecule has 2 aromatic rings. The Morgan fingerprint density at radius 3 is 2.57 bits per heavy atom. The van der Waals surface area contributed by atoms with Gasteiger partial charge in [-0.15, -0.1) is 11.3 Å². The highest BCUT2D eigenvalue weighted by molar-refractivity contribution is 7.12. The minimum absolute atomic E-state index is 0.0327. The molecule has 1 fully saturated rings. The average Bonchev–Trinajstić information content (AvgIpc) is 3.01. The van der Waals surface area contributed by atoms with Crippen molar-refractivity contribution in [1.29, 1.82) is 0 Å². The quantitative estimate of drug-likeness (QED) is 0.900. The second kappa shape index (κ2) is 7.75. The van der Waals surface area contributed by atoms with Gasteiger partial charge in [-0.25, -0.2) is 0 Å². The first-order chi connectivity index (χ1) is 11.2. The van der Waals surface area contributed by atoms with Gasteiger partial charge in [0.15, 0.2) is 0 Å². The van der Waals surface area contributed by atoms with Crippen LogP contribution in [0.15, 0.2) is 35.7 Å². The zero-order valence-electron chi connectivity index (χ0n) is 13.7. The van der Waals surface area contributed by atoms with Crippen LogP contribution in [0.2, 0.25) is 0 Å². The normalized spacial score (nSPS) is 15.5. The zero-order chi connectivity index (χ0) is 16.1. The summed E-state index contributed by atoms with van der Waals surface area (Å²) in [5.74, 6) is 0.0327. The first kappa shape index (κ1) is 16.2. The molecule has 1 amide bonds. The lowest BCUT2D eigenvalue weighted by molar-refractivity contribution is 0.0954. The van der Waals surface area contributed by atoms with Crippen molar-refractivity contribution in [2.45, 2.75) is 39.3 Å². The van der Waals surface area contributed by atoms with E-state index in [1.54, 1.807) is 0 Å². The molecule has 3 nitrogen and oxygen atoms in total. The van der Waals surface area contributed by atoms with E-state index in [2.05, 4.69) is 34.5 Å². The van der Waals surface area contributed by atoms with Gasteiger partial charge in [0.25, 0.3) is 5.91 Å². The number of carbonyl (C=O) groups is 1. The van der Waals surface area contributed by atoms with Crippen LogP contribution in [0.4, 0.5) is 0 Å². The van der Waals surface area contributed by atoms with Crippen molar-refractivity contribution in [2.75, 3.05) is 13.1 Å². The van der Waals surface area contributed by atoms with Gasteiger partial charge in [-0.05, 0) is 61.0 Å². The Bertz CT molecular complexity index is 659. The van der Waals surface area contributed by atoms with E-state index in [1.807, 2.05) is 18.4 Å². The number of nitrogens with zero attached hydrogens (tertiary/aromatic N) is 1. The molecule has 0 saturated carbocycles. The summed E-state index contributed by atoms with van der Waals surface area (Å²) in [5, 5.41) is 5.04. The highest BCUT2D eigenvalue weighted by atomic mass is 32.1. The molecule has 0 spiro atoms. The molecular weight excluding hydrogens is 304 g/mol. The summed E-state index contributed by atoms with van der Waals surface area (Å²) >= 11 is 1.51. The van der Waals surface area contributed by atoms with Crippen molar-refractivity contribution in [3.8, 4) is 0 Å². The predicted molar refractivity (Wildman–Crippen MR) is 95.8 cm³/mol. The van der Waals surface area contributed by atoms with Crippen LogP contribution in [0.1, 0.15) is 45.6 Å². The minimum Gasteiger partial charge on any atom is -0.347 e. The van der Waals surface area contributed by atoms with Crippen molar-refractivity contribution >= 4 is 17.2 Å². The molecule has 0 radical (unpaired) electrons. The van der Waals surface area contributed by atoms with Crippen LogP contribution in [0.25, 0.3) is 0 Å². The largest absolute Gasteiger partial charge is 0.347 e. The number of thiophene rings is 1. The van der Waals surface area contributed by atoms with Gasteiger partial charge in [0.05, 0.1) is 4.88 Å². The summed E-state index contributed by atoms with van der Waals surface area (Å²) in [5.41, 5.74) is 3.60. The maximum atomic E-state index is 12.3. The second-order valence-corrected chi connectivity index (χ2v) is 7.14. The first-order valence-electron chi connectivity index (χ1n) is 8.35. The monoisotopic (exact) mass is 328 g/mol. The van der Waals surface area contributed by atoms with E-state index < -0.39 is 0 Å². The predicted octanol–water partition coefficient (Wildman–Crippen LogP) is 3.97. The van der Waals surface area contributed by atoms with Crippen molar-refractivity contribution in [3.05, 3.63) is 57.3 Å². The Kier molecular flexibility index (Phi) is 5.47. The molecule has 1 aliphatic heterocycles. The lowest BCUT2D eigenvalue weighted by Gasteiger charge is -2.27. The number of rotatable bonds is 5. The van der Waals surface area contributed by atoms with Crippen LogP contribution < -0.4 is 5.32 Å². The first-order valence-corrected chi connectivity index (χ1v) is 9.23. The summed E-state index contributed by atoms with van der Waals surface area (Å²) < 4.78 is 0. The van der Waals surface area contributed by atoms with Crippen molar-refractivity contribution in [2.24, 2.45) is 0 Å². The van der Waals surface area contributed by atoms with Crippen LogP contribution in [0.3, 0.4) is 0 Å². The smallest absolute Gasteiger partial charge is 0.261 e. The average molecular weight is 328 g/mol. The molecule has 1 aromatic heterocycles. The standard InChI is InChI=1S/C19H24N2OS/c1-15-9-12-23-18(15)19(22)20-13-16-7-3-4-8-17(16)14-21-10-5-2-6-11-21/h3-4,7-9,12H,2,5-6,10-11,13-14H2,1H3,(H,20,22). The molecular formula is C19H24N2OS. The second-order valence-electron chi connectivity index (χ2n) is 6.22. The Labute approximate surface area is 142 Å². The summed E-state index contributed by atoms with van der Waals surface area (Å²) in [4.78, 5) is 15.6. The molecule has 3 rings (SSSR count). The van der Waals surface area contributed by atoms with E-state index in [-0.39, 0.29) is 5.91 Å². The van der Waals surface area contributed by atoms with Gasteiger partial charge in [0, 0.05) is 13.1 Å². The van der Waals surface area contributed by atoms with E-state index in [4.69, 9.17) is 0 Å². The summed E-state index contributed by atoms with van der Waals surface area (Å²) in [6.45, 7) is 5.95. The topological polar surface area (TPSA) is 32.3 Å². The Morgan fingerprint density at radius 1 is 1.13 bits per heavy atom. The Hall–Kier alpha value is -1.65. The fraction of sp³-hybridized carbons (Fsp3) is 0.421. The lowest BCUT2D eigenvalue weighted by Crippen LogP contribution is -2.30. The van der Waals surface area contributed by atoms with E-state index in [9.17, 15) is 4.79 Å². The van der Waals surface area contributed by atoms with E-state index in [0.717, 1.165) is 17.0 Å².